The lowest BCUT2D eigenvalue weighted by molar-refractivity contribution is 0.903. The lowest BCUT2D eigenvalue weighted by Crippen LogP contribution is -2.25. The standard InChI is InChI=1S/C7H17Si/c1-6-7(2)8(3,4)5/h7H,1,6H2,2-5H3. The highest BCUT2D eigenvalue weighted by molar-refractivity contribution is 6.77. The van der Waals surface area contributed by atoms with Crippen molar-refractivity contribution in [2.75, 3.05) is 0 Å². The maximum atomic E-state index is 3.89. The second kappa shape index (κ2) is 2.67. The molecule has 0 saturated heterocycles. The molecule has 49 valence electrons. The van der Waals surface area contributed by atoms with Crippen molar-refractivity contribution < 1.29 is 0 Å². The number of rotatable bonds is 2. The van der Waals surface area contributed by atoms with Crippen LogP contribution in [0.2, 0.25) is 25.2 Å². The monoisotopic (exact) mass is 129 g/mol. The number of hydrogen-bond donors (Lipinski definition) is 0. The molecule has 1 radical (unpaired) electrons. The van der Waals surface area contributed by atoms with Crippen molar-refractivity contribution in [3.05, 3.63) is 6.92 Å². The Hall–Kier alpha value is 0.217. The van der Waals surface area contributed by atoms with Gasteiger partial charge in [0, 0.05) is 8.07 Å². The molecule has 0 amide bonds. The molecule has 0 aliphatic carbocycles. The summed E-state index contributed by atoms with van der Waals surface area (Å²) in [6.45, 7) is 13.4. The molecule has 0 aromatic carbocycles. The Morgan fingerprint density at radius 1 is 1.38 bits per heavy atom. The minimum Gasteiger partial charge on any atom is -0.0694 e. The topological polar surface area (TPSA) is 0 Å². The summed E-state index contributed by atoms with van der Waals surface area (Å²) in [5.74, 6) is 0. The van der Waals surface area contributed by atoms with Gasteiger partial charge in [-0.05, 0) is 5.54 Å². The van der Waals surface area contributed by atoms with E-state index in [0.29, 0.717) is 0 Å². The Labute approximate surface area is 54.3 Å². The molecule has 0 aliphatic rings. The molecule has 0 bridgehead atoms. The maximum Gasteiger partial charge on any atom is 0.0471 e. The van der Waals surface area contributed by atoms with Crippen molar-refractivity contribution in [2.24, 2.45) is 0 Å². The van der Waals surface area contributed by atoms with Crippen molar-refractivity contribution in [3.8, 4) is 0 Å². The van der Waals surface area contributed by atoms with Crippen molar-refractivity contribution in [1.29, 1.82) is 0 Å². The third-order valence-corrected chi connectivity index (χ3v) is 5.16. The van der Waals surface area contributed by atoms with E-state index in [2.05, 4.69) is 33.5 Å². The Kier molecular flexibility index (Phi) is 2.74. The van der Waals surface area contributed by atoms with Crippen LogP contribution in [0.4, 0.5) is 0 Å². The van der Waals surface area contributed by atoms with E-state index < -0.39 is 8.07 Å². The molecular weight excluding hydrogens is 112 g/mol. The predicted octanol–water partition coefficient (Wildman–Crippen LogP) is 2.94. The first kappa shape index (κ1) is 8.22. The molecule has 1 atom stereocenters. The fourth-order valence-corrected chi connectivity index (χ4v) is 1.30. The zero-order valence-electron chi connectivity index (χ0n) is 6.49. The summed E-state index contributed by atoms with van der Waals surface area (Å²) in [7, 11) is -0.823. The maximum absolute atomic E-state index is 3.89. The first-order valence-corrected chi connectivity index (χ1v) is 6.85. The highest BCUT2D eigenvalue weighted by Crippen LogP contribution is 2.22. The quantitative estimate of drug-likeness (QED) is 0.503. The highest BCUT2D eigenvalue weighted by Gasteiger charge is 2.19. The fourth-order valence-electron chi connectivity index (χ4n) is 0.433. The van der Waals surface area contributed by atoms with Crippen molar-refractivity contribution in [3.63, 3.8) is 0 Å². The van der Waals surface area contributed by atoms with E-state index in [0.717, 1.165) is 12.0 Å². The van der Waals surface area contributed by atoms with Gasteiger partial charge in [-0.1, -0.05) is 39.9 Å². The zero-order chi connectivity index (χ0) is 6.78. The lowest BCUT2D eigenvalue weighted by atomic mass is 10.4. The van der Waals surface area contributed by atoms with Crippen LogP contribution < -0.4 is 0 Å². The van der Waals surface area contributed by atoms with Gasteiger partial charge in [-0.2, -0.15) is 0 Å². The molecule has 0 rings (SSSR count). The number of hydrogen-bond acceptors (Lipinski definition) is 0. The van der Waals surface area contributed by atoms with E-state index in [9.17, 15) is 0 Å². The summed E-state index contributed by atoms with van der Waals surface area (Å²) in [4.78, 5) is 0. The van der Waals surface area contributed by atoms with Gasteiger partial charge >= 0.3 is 0 Å². The average molecular weight is 129 g/mol. The van der Waals surface area contributed by atoms with E-state index >= 15 is 0 Å². The lowest BCUT2D eigenvalue weighted by Gasteiger charge is -2.23. The average Bonchev–Trinajstić information content (AvgIpc) is 1.62. The van der Waals surface area contributed by atoms with Crippen LogP contribution in [0.5, 0.6) is 0 Å². The second-order valence-corrected chi connectivity index (χ2v) is 9.27. The van der Waals surface area contributed by atoms with Gasteiger partial charge in [0.05, 0.1) is 0 Å². The van der Waals surface area contributed by atoms with E-state index in [1.54, 1.807) is 0 Å². The van der Waals surface area contributed by atoms with Gasteiger partial charge in [-0.15, -0.1) is 0 Å². The summed E-state index contributed by atoms with van der Waals surface area (Å²) >= 11 is 0. The van der Waals surface area contributed by atoms with Crippen LogP contribution in [-0.4, -0.2) is 8.07 Å². The van der Waals surface area contributed by atoms with Crippen LogP contribution in [0.1, 0.15) is 13.3 Å². The molecule has 0 heterocycles. The van der Waals surface area contributed by atoms with Gasteiger partial charge < -0.3 is 0 Å². The van der Waals surface area contributed by atoms with Gasteiger partial charge in [0.25, 0.3) is 0 Å². The Balaban J connectivity index is 3.62. The van der Waals surface area contributed by atoms with E-state index in [1.807, 2.05) is 0 Å². The molecule has 0 N–H and O–H groups in total. The van der Waals surface area contributed by atoms with Crippen LogP contribution >= 0.6 is 0 Å². The molecule has 1 heteroatoms. The minimum atomic E-state index is -0.823. The van der Waals surface area contributed by atoms with Gasteiger partial charge in [0.15, 0.2) is 0 Å². The summed E-state index contributed by atoms with van der Waals surface area (Å²) in [5, 5.41) is 0. The van der Waals surface area contributed by atoms with Crippen LogP contribution in [0, 0.1) is 6.92 Å². The van der Waals surface area contributed by atoms with E-state index in [1.165, 1.54) is 0 Å². The fraction of sp³-hybridized carbons (Fsp3) is 0.857. The first-order valence-electron chi connectivity index (χ1n) is 3.27. The van der Waals surface area contributed by atoms with Crippen molar-refractivity contribution in [2.45, 2.75) is 38.5 Å². The molecule has 0 spiro atoms. The molecule has 0 saturated carbocycles. The molecule has 0 fully saturated rings. The molecular formula is C7H17Si. The molecule has 0 aliphatic heterocycles. The van der Waals surface area contributed by atoms with Crippen LogP contribution in [0.3, 0.4) is 0 Å². The van der Waals surface area contributed by atoms with Gasteiger partial charge in [-0.25, -0.2) is 0 Å². The summed E-state index contributed by atoms with van der Waals surface area (Å²) in [6, 6.07) is 0. The van der Waals surface area contributed by atoms with Gasteiger partial charge in [0.1, 0.15) is 0 Å². The van der Waals surface area contributed by atoms with Crippen LogP contribution in [0.15, 0.2) is 0 Å². The van der Waals surface area contributed by atoms with Gasteiger partial charge in [-0.3, -0.25) is 0 Å². The minimum absolute atomic E-state index is 0.823. The predicted molar refractivity (Wildman–Crippen MR) is 42.7 cm³/mol. The third kappa shape index (κ3) is 2.51. The third-order valence-electron chi connectivity index (χ3n) is 1.91. The smallest absolute Gasteiger partial charge is 0.0471 e. The van der Waals surface area contributed by atoms with E-state index in [-0.39, 0.29) is 0 Å². The van der Waals surface area contributed by atoms with Gasteiger partial charge in [0.2, 0.25) is 0 Å². The van der Waals surface area contributed by atoms with Crippen molar-refractivity contribution >= 4 is 8.07 Å². The molecule has 8 heavy (non-hydrogen) atoms. The summed E-state index contributed by atoms with van der Waals surface area (Å²) in [5.41, 5.74) is 0.877. The first-order chi connectivity index (χ1) is 3.48. The van der Waals surface area contributed by atoms with Crippen LogP contribution in [-0.2, 0) is 0 Å². The molecule has 0 nitrogen and oxygen atoms in total. The molecule has 0 aromatic rings. The molecule has 1 unspecified atom stereocenters. The molecule has 0 aromatic heterocycles. The Morgan fingerprint density at radius 2 is 1.75 bits per heavy atom. The normalized spacial score (nSPS) is 16.1. The second-order valence-electron chi connectivity index (χ2n) is 3.56. The summed E-state index contributed by atoms with van der Waals surface area (Å²) in [6.07, 6.45) is 1.11. The zero-order valence-corrected chi connectivity index (χ0v) is 7.49. The Bertz CT molecular complexity index is 61.3. The highest BCUT2D eigenvalue weighted by atomic mass is 28.3. The van der Waals surface area contributed by atoms with Crippen LogP contribution in [0.25, 0.3) is 0 Å². The summed E-state index contributed by atoms with van der Waals surface area (Å²) < 4.78 is 0. The van der Waals surface area contributed by atoms with Crippen molar-refractivity contribution in [1.82, 2.24) is 0 Å². The largest absolute Gasteiger partial charge is 0.0694 e. The Morgan fingerprint density at radius 3 is 1.75 bits per heavy atom. The van der Waals surface area contributed by atoms with E-state index in [4.69, 9.17) is 0 Å². The SMILES string of the molecule is [CH2]CC(C)[Si](C)(C)C.